The Bertz CT molecular complexity index is 1070. The minimum absolute atomic E-state index is 0.177. The van der Waals surface area contributed by atoms with Crippen LogP contribution in [0.25, 0.3) is 21.3 Å². The largest absolute Gasteiger partial charge is 0.341 e. The van der Waals surface area contributed by atoms with Gasteiger partial charge >= 0.3 is 0 Å². The maximum atomic E-state index is 12.8. The molecule has 0 saturated carbocycles. The van der Waals surface area contributed by atoms with E-state index in [1.165, 1.54) is 16.5 Å². The number of aromatic amines is 1. The maximum Gasteiger partial charge on any atom is 0.233 e. The van der Waals surface area contributed by atoms with E-state index in [4.69, 9.17) is 4.98 Å². The Labute approximate surface area is 171 Å². The monoisotopic (exact) mass is 408 g/mol. The number of likely N-dealkylation sites (tertiary alicyclic amines) is 1. The second-order valence-corrected chi connectivity index (χ2v) is 9.07. The van der Waals surface area contributed by atoms with Crippen LogP contribution in [0.1, 0.15) is 23.8 Å². The molecule has 2 aromatic heterocycles. The first kappa shape index (κ1) is 17.7. The lowest BCUT2D eigenvalue weighted by atomic mass is 9.99. The number of imidazole rings is 1. The summed E-state index contributed by atoms with van der Waals surface area (Å²) in [4.78, 5) is 27.4. The van der Waals surface area contributed by atoms with Gasteiger partial charge in [-0.15, -0.1) is 11.3 Å². The van der Waals surface area contributed by atoms with E-state index in [-0.39, 0.29) is 5.91 Å². The van der Waals surface area contributed by atoms with E-state index in [0.29, 0.717) is 11.7 Å². The van der Waals surface area contributed by atoms with Crippen LogP contribution in [0.15, 0.2) is 53.7 Å². The molecule has 3 heterocycles. The average Bonchev–Trinajstić information content (AvgIpc) is 3.35. The number of thiazole rings is 1. The van der Waals surface area contributed by atoms with Crippen LogP contribution < -0.4 is 0 Å². The van der Waals surface area contributed by atoms with E-state index in [0.717, 1.165) is 52.6 Å². The van der Waals surface area contributed by atoms with Crippen molar-refractivity contribution < 1.29 is 4.79 Å². The number of aromatic nitrogens is 3. The van der Waals surface area contributed by atoms with Gasteiger partial charge < -0.3 is 9.88 Å². The van der Waals surface area contributed by atoms with Gasteiger partial charge in [-0.25, -0.2) is 9.97 Å². The van der Waals surface area contributed by atoms with E-state index in [1.807, 2.05) is 35.2 Å². The van der Waals surface area contributed by atoms with Gasteiger partial charge in [0.25, 0.3) is 0 Å². The molecule has 5 rings (SSSR count). The van der Waals surface area contributed by atoms with Gasteiger partial charge in [0, 0.05) is 19.0 Å². The molecule has 1 aliphatic heterocycles. The Morgan fingerprint density at radius 2 is 1.96 bits per heavy atom. The van der Waals surface area contributed by atoms with Gasteiger partial charge in [0.05, 0.1) is 32.0 Å². The number of nitrogens with zero attached hydrogens (tertiary/aromatic N) is 3. The number of fused-ring (bicyclic) bond motifs is 2. The van der Waals surface area contributed by atoms with Crippen molar-refractivity contribution in [1.29, 1.82) is 0 Å². The highest BCUT2D eigenvalue weighted by atomic mass is 32.2. The molecule has 0 spiro atoms. The summed E-state index contributed by atoms with van der Waals surface area (Å²) in [6.07, 6.45) is 2.13. The number of hydrogen-bond acceptors (Lipinski definition) is 5. The third-order valence-corrected chi connectivity index (χ3v) is 7.19. The molecule has 0 unspecified atom stereocenters. The third-order valence-electron chi connectivity index (χ3n) is 5.13. The zero-order valence-corrected chi connectivity index (χ0v) is 16.9. The summed E-state index contributed by atoms with van der Waals surface area (Å²) >= 11 is 3.24. The smallest absolute Gasteiger partial charge is 0.233 e. The summed E-state index contributed by atoms with van der Waals surface area (Å²) in [6.45, 7) is 1.60. The van der Waals surface area contributed by atoms with Gasteiger partial charge in [-0.3, -0.25) is 4.79 Å². The SMILES string of the molecule is O=C(CSc1nc2ccccc2[nH]1)N1CCC[C@H](c2nc3ccccc3s2)C1. The number of para-hydroxylation sites is 3. The Kier molecular flexibility index (Phi) is 4.78. The van der Waals surface area contributed by atoms with Crippen LogP contribution in [-0.2, 0) is 4.79 Å². The van der Waals surface area contributed by atoms with E-state index >= 15 is 0 Å². The fraction of sp³-hybridized carbons (Fsp3) is 0.286. The van der Waals surface area contributed by atoms with E-state index in [2.05, 4.69) is 28.2 Å². The fourth-order valence-corrected chi connectivity index (χ4v) is 5.57. The predicted molar refractivity (Wildman–Crippen MR) is 115 cm³/mol. The molecule has 0 aliphatic carbocycles. The molecule has 1 saturated heterocycles. The van der Waals surface area contributed by atoms with Crippen molar-refractivity contribution in [3.8, 4) is 0 Å². The molecule has 1 fully saturated rings. The van der Waals surface area contributed by atoms with Crippen molar-refractivity contribution in [1.82, 2.24) is 19.9 Å². The molecule has 4 aromatic rings. The van der Waals surface area contributed by atoms with Crippen molar-refractivity contribution in [3.05, 3.63) is 53.5 Å². The molecule has 28 heavy (non-hydrogen) atoms. The standard InChI is InChI=1S/C21H20N4OS2/c26-19(13-27-21-23-15-7-1-2-8-16(15)24-21)25-11-5-6-14(12-25)20-22-17-9-3-4-10-18(17)28-20/h1-4,7-10,14H,5-6,11-13H2,(H,23,24)/t14-/m0/s1. The number of benzene rings is 2. The summed E-state index contributed by atoms with van der Waals surface area (Å²) in [7, 11) is 0. The van der Waals surface area contributed by atoms with Crippen LogP contribution in [0, 0.1) is 0 Å². The second-order valence-electron chi connectivity index (χ2n) is 7.05. The van der Waals surface area contributed by atoms with E-state index in [1.54, 1.807) is 11.3 Å². The number of H-pyrrole nitrogens is 1. The fourth-order valence-electron chi connectivity index (χ4n) is 3.69. The minimum Gasteiger partial charge on any atom is -0.341 e. The summed E-state index contributed by atoms with van der Waals surface area (Å²) in [5.74, 6) is 0.925. The van der Waals surface area contributed by atoms with Crippen molar-refractivity contribution >= 4 is 50.3 Å². The summed E-state index contributed by atoms with van der Waals surface area (Å²) < 4.78 is 1.22. The third kappa shape index (κ3) is 3.52. The lowest BCUT2D eigenvalue weighted by Crippen LogP contribution is -2.40. The first-order valence-electron chi connectivity index (χ1n) is 9.47. The molecule has 0 radical (unpaired) electrons. The highest BCUT2D eigenvalue weighted by Crippen LogP contribution is 2.33. The Morgan fingerprint density at radius 1 is 1.14 bits per heavy atom. The highest BCUT2D eigenvalue weighted by Gasteiger charge is 2.27. The first-order chi connectivity index (χ1) is 13.8. The molecular formula is C21H20N4OS2. The molecule has 1 atom stereocenters. The molecular weight excluding hydrogens is 388 g/mol. The number of nitrogens with one attached hydrogen (secondary N) is 1. The van der Waals surface area contributed by atoms with Gasteiger partial charge in [-0.2, -0.15) is 0 Å². The van der Waals surface area contributed by atoms with Crippen molar-refractivity contribution in [2.75, 3.05) is 18.8 Å². The minimum atomic E-state index is 0.177. The van der Waals surface area contributed by atoms with E-state index in [9.17, 15) is 4.79 Å². The molecule has 0 bridgehead atoms. The van der Waals surface area contributed by atoms with Gasteiger partial charge in [0.15, 0.2) is 5.16 Å². The van der Waals surface area contributed by atoms with Crippen molar-refractivity contribution in [2.24, 2.45) is 0 Å². The van der Waals surface area contributed by atoms with Crippen molar-refractivity contribution in [3.63, 3.8) is 0 Å². The number of hydrogen-bond donors (Lipinski definition) is 1. The molecule has 1 N–H and O–H groups in total. The average molecular weight is 409 g/mol. The number of amides is 1. The van der Waals surface area contributed by atoms with Crippen molar-refractivity contribution in [2.45, 2.75) is 23.9 Å². The van der Waals surface area contributed by atoms with Crippen LogP contribution >= 0.6 is 23.1 Å². The normalized spacial score (nSPS) is 17.4. The number of carbonyl (C=O) groups excluding carboxylic acids is 1. The zero-order chi connectivity index (χ0) is 18.9. The lowest BCUT2D eigenvalue weighted by Gasteiger charge is -2.31. The Hall–Kier alpha value is -2.38. The molecule has 5 nitrogen and oxygen atoms in total. The van der Waals surface area contributed by atoms with Crippen LogP contribution in [0.5, 0.6) is 0 Å². The molecule has 1 amide bonds. The van der Waals surface area contributed by atoms with Gasteiger partial charge in [-0.05, 0) is 37.1 Å². The predicted octanol–water partition coefficient (Wildman–Crippen LogP) is 4.67. The molecule has 2 aromatic carbocycles. The number of piperidine rings is 1. The topological polar surface area (TPSA) is 61.9 Å². The maximum absolute atomic E-state index is 12.8. The van der Waals surface area contributed by atoms with Gasteiger partial charge in [0.2, 0.25) is 5.91 Å². The Balaban J connectivity index is 1.24. The van der Waals surface area contributed by atoms with E-state index < -0.39 is 0 Å². The quantitative estimate of drug-likeness (QED) is 0.499. The van der Waals surface area contributed by atoms with Crippen LogP contribution in [0.4, 0.5) is 0 Å². The lowest BCUT2D eigenvalue weighted by molar-refractivity contribution is -0.129. The number of carbonyl (C=O) groups is 1. The first-order valence-corrected chi connectivity index (χ1v) is 11.3. The zero-order valence-electron chi connectivity index (χ0n) is 15.3. The summed E-state index contributed by atoms with van der Waals surface area (Å²) in [5, 5.41) is 1.96. The van der Waals surface area contributed by atoms with Crippen LogP contribution in [-0.4, -0.2) is 44.6 Å². The molecule has 1 aliphatic rings. The summed E-state index contributed by atoms with van der Waals surface area (Å²) in [5.41, 5.74) is 3.00. The van der Waals surface area contributed by atoms with Gasteiger partial charge in [0.1, 0.15) is 0 Å². The number of rotatable bonds is 4. The van der Waals surface area contributed by atoms with Crippen LogP contribution in [0.3, 0.4) is 0 Å². The molecule has 142 valence electrons. The summed E-state index contributed by atoms with van der Waals surface area (Å²) in [6, 6.07) is 16.2. The molecule has 7 heteroatoms. The second kappa shape index (κ2) is 7.56. The highest BCUT2D eigenvalue weighted by molar-refractivity contribution is 7.99. The van der Waals surface area contributed by atoms with Crippen LogP contribution in [0.2, 0.25) is 0 Å². The Morgan fingerprint density at radius 3 is 2.82 bits per heavy atom. The van der Waals surface area contributed by atoms with Gasteiger partial charge in [-0.1, -0.05) is 36.0 Å². The number of thioether (sulfide) groups is 1.